The molecular weight excluding hydrogens is 437 g/mol. The lowest BCUT2D eigenvalue weighted by atomic mass is 10.1. The first-order chi connectivity index (χ1) is 14.5. The maximum absolute atomic E-state index is 13.3. The fourth-order valence-electron chi connectivity index (χ4n) is 3.36. The summed E-state index contributed by atoms with van der Waals surface area (Å²) in [7, 11) is 1.63. The topological polar surface area (TPSA) is 45.7 Å². The number of nitrogens with zero attached hydrogens (tertiary/aromatic N) is 3. The molecule has 1 heterocycles. The number of amides is 1. The van der Waals surface area contributed by atoms with E-state index >= 15 is 0 Å². The van der Waals surface area contributed by atoms with Gasteiger partial charge in [0.25, 0.3) is 0 Å². The zero-order valence-corrected chi connectivity index (χ0v) is 20.0. The lowest BCUT2D eigenvalue weighted by Gasteiger charge is -2.24. The summed E-state index contributed by atoms with van der Waals surface area (Å²) in [6.07, 6.45) is 0.199. The number of benzene rings is 2. The summed E-state index contributed by atoms with van der Waals surface area (Å²) >= 11 is 1.51. The highest BCUT2D eigenvalue weighted by Crippen LogP contribution is 2.36. The zero-order chi connectivity index (χ0) is 21.7. The molecule has 0 atom stereocenters. The van der Waals surface area contributed by atoms with Crippen molar-refractivity contribution < 1.29 is 13.9 Å². The average molecular weight is 466 g/mol. The Hall–Kier alpha value is -2.22. The lowest BCUT2D eigenvalue weighted by molar-refractivity contribution is -0.118. The highest BCUT2D eigenvalue weighted by molar-refractivity contribution is 7.22. The molecule has 1 aromatic heterocycles. The van der Waals surface area contributed by atoms with E-state index in [4.69, 9.17) is 9.72 Å². The molecule has 0 saturated heterocycles. The fraction of sp³-hybridized carbons (Fsp3) is 0.391. The standard InChI is InChI=1S/C23H28FN3O2S.ClH/c1-5-26(6-2)13-14-27(20(28)15-17-8-10-18(24)11-9-17)23-25-21-19(29-4)12-7-16(3)22(21)30-23;/h7-12H,5-6,13-15H2,1-4H3;1H. The quantitative estimate of drug-likeness (QED) is 0.441. The number of rotatable bonds is 9. The summed E-state index contributed by atoms with van der Waals surface area (Å²) in [6, 6.07) is 9.98. The molecule has 1 amide bonds. The van der Waals surface area contributed by atoms with Gasteiger partial charge in [0, 0.05) is 13.1 Å². The Bertz CT molecular complexity index is 1010. The monoisotopic (exact) mass is 465 g/mol. The SMILES string of the molecule is CCN(CC)CCN(C(=O)Cc1ccc(F)cc1)c1nc2c(OC)ccc(C)c2s1.Cl. The molecule has 0 aliphatic carbocycles. The number of hydrogen-bond acceptors (Lipinski definition) is 5. The van der Waals surface area contributed by atoms with Crippen molar-refractivity contribution in [2.45, 2.75) is 27.2 Å². The third-order valence-electron chi connectivity index (χ3n) is 5.25. The number of hydrogen-bond donors (Lipinski definition) is 0. The number of anilines is 1. The van der Waals surface area contributed by atoms with Gasteiger partial charge in [-0.2, -0.15) is 0 Å². The van der Waals surface area contributed by atoms with Crippen molar-refractivity contribution in [3.8, 4) is 5.75 Å². The lowest BCUT2D eigenvalue weighted by Crippen LogP contribution is -2.39. The Morgan fingerprint density at radius 3 is 2.39 bits per heavy atom. The van der Waals surface area contributed by atoms with Crippen LogP contribution in [0.25, 0.3) is 10.2 Å². The molecule has 0 N–H and O–H groups in total. The largest absolute Gasteiger partial charge is 0.494 e. The van der Waals surface area contributed by atoms with Crippen LogP contribution in [0.5, 0.6) is 5.75 Å². The predicted octanol–water partition coefficient (Wildman–Crippen LogP) is 5.09. The van der Waals surface area contributed by atoms with Crippen LogP contribution in [0.4, 0.5) is 9.52 Å². The smallest absolute Gasteiger partial charge is 0.233 e. The Balaban J connectivity index is 0.00000341. The minimum atomic E-state index is -0.307. The number of ether oxygens (including phenoxy) is 1. The molecule has 8 heteroatoms. The van der Waals surface area contributed by atoms with E-state index < -0.39 is 0 Å². The Morgan fingerprint density at radius 2 is 1.77 bits per heavy atom. The Labute approximate surface area is 193 Å². The first-order valence-corrected chi connectivity index (χ1v) is 11.0. The van der Waals surface area contributed by atoms with Gasteiger partial charge >= 0.3 is 0 Å². The van der Waals surface area contributed by atoms with Crippen molar-refractivity contribution in [3.63, 3.8) is 0 Å². The van der Waals surface area contributed by atoms with Gasteiger partial charge in [-0.05, 0) is 49.3 Å². The van der Waals surface area contributed by atoms with E-state index in [1.807, 2.05) is 19.1 Å². The van der Waals surface area contributed by atoms with Gasteiger partial charge in [0.15, 0.2) is 5.13 Å². The van der Waals surface area contributed by atoms with Gasteiger partial charge in [0.05, 0.1) is 18.2 Å². The number of carbonyl (C=O) groups excluding carboxylic acids is 1. The van der Waals surface area contributed by atoms with Gasteiger partial charge in [-0.3, -0.25) is 9.69 Å². The van der Waals surface area contributed by atoms with Crippen LogP contribution in [0.1, 0.15) is 25.0 Å². The van der Waals surface area contributed by atoms with E-state index in [9.17, 15) is 9.18 Å². The van der Waals surface area contributed by atoms with Gasteiger partial charge in [-0.25, -0.2) is 9.37 Å². The molecule has 0 aliphatic rings. The molecular formula is C23H29ClFN3O2S. The molecule has 0 saturated carbocycles. The molecule has 0 radical (unpaired) electrons. The van der Waals surface area contributed by atoms with E-state index in [1.165, 1.54) is 23.5 Å². The number of fused-ring (bicyclic) bond motifs is 1. The summed E-state index contributed by atoms with van der Waals surface area (Å²) in [5.41, 5.74) is 2.66. The van der Waals surface area contributed by atoms with Crippen LogP contribution in [0.2, 0.25) is 0 Å². The third-order valence-corrected chi connectivity index (χ3v) is 6.46. The van der Waals surface area contributed by atoms with E-state index in [0.29, 0.717) is 17.4 Å². The van der Waals surface area contributed by atoms with Crippen LogP contribution in [-0.2, 0) is 11.2 Å². The maximum atomic E-state index is 13.3. The zero-order valence-electron chi connectivity index (χ0n) is 18.4. The Kier molecular flexibility index (Phi) is 9.22. The second kappa shape index (κ2) is 11.4. The van der Waals surface area contributed by atoms with Gasteiger partial charge < -0.3 is 9.64 Å². The number of thiazole rings is 1. The summed E-state index contributed by atoms with van der Waals surface area (Å²) in [5.74, 6) is 0.343. The van der Waals surface area contributed by atoms with Crippen molar-refractivity contribution in [2.24, 2.45) is 0 Å². The number of likely N-dealkylation sites (N-methyl/N-ethyl adjacent to an activating group) is 1. The van der Waals surface area contributed by atoms with Crippen LogP contribution in [-0.4, -0.2) is 49.1 Å². The molecule has 0 bridgehead atoms. The number of aryl methyl sites for hydroxylation is 1. The summed E-state index contributed by atoms with van der Waals surface area (Å²) in [6.45, 7) is 9.40. The van der Waals surface area contributed by atoms with E-state index in [-0.39, 0.29) is 30.6 Å². The molecule has 168 valence electrons. The molecule has 3 aromatic rings. The van der Waals surface area contributed by atoms with E-state index in [1.54, 1.807) is 24.1 Å². The minimum Gasteiger partial charge on any atom is -0.494 e. The number of aromatic nitrogens is 1. The van der Waals surface area contributed by atoms with Crippen LogP contribution in [0.15, 0.2) is 36.4 Å². The molecule has 31 heavy (non-hydrogen) atoms. The maximum Gasteiger partial charge on any atom is 0.233 e. The summed E-state index contributed by atoms with van der Waals surface area (Å²) in [5, 5.41) is 0.664. The second-order valence-electron chi connectivity index (χ2n) is 7.13. The molecule has 3 rings (SSSR count). The fourth-order valence-corrected chi connectivity index (χ4v) is 4.45. The highest BCUT2D eigenvalue weighted by atomic mass is 35.5. The van der Waals surface area contributed by atoms with E-state index in [0.717, 1.165) is 41.0 Å². The Morgan fingerprint density at radius 1 is 1.10 bits per heavy atom. The normalized spacial score (nSPS) is 10.9. The number of carbonyl (C=O) groups is 1. The van der Waals surface area contributed by atoms with Gasteiger partial charge in [-0.15, -0.1) is 12.4 Å². The predicted molar refractivity (Wildman–Crippen MR) is 128 cm³/mol. The molecule has 2 aromatic carbocycles. The molecule has 0 aliphatic heterocycles. The first-order valence-electron chi connectivity index (χ1n) is 10.2. The average Bonchev–Trinajstić information content (AvgIpc) is 3.19. The van der Waals surface area contributed by atoms with Crippen LogP contribution < -0.4 is 9.64 Å². The van der Waals surface area contributed by atoms with Gasteiger partial charge in [-0.1, -0.05) is 43.4 Å². The minimum absolute atomic E-state index is 0. The van der Waals surface area contributed by atoms with E-state index in [2.05, 4.69) is 18.7 Å². The third kappa shape index (κ3) is 5.93. The number of methoxy groups -OCH3 is 1. The van der Waals surface area contributed by atoms with Gasteiger partial charge in [0.1, 0.15) is 17.1 Å². The molecule has 0 unspecified atom stereocenters. The van der Waals surface area contributed by atoms with Crippen molar-refractivity contribution in [1.29, 1.82) is 0 Å². The number of halogens is 2. The van der Waals surface area contributed by atoms with Gasteiger partial charge in [0.2, 0.25) is 5.91 Å². The highest BCUT2D eigenvalue weighted by Gasteiger charge is 2.22. The van der Waals surface area contributed by atoms with Crippen molar-refractivity contribution in [2.75, 3.05) is 38.2 Å². The van der Waals surface area contributed by atoms with Crippen LogP contribution >= 0.6 is 23.7 Å². The summed E-state index contributed by atoms with van der Waals surface area (Å²) < 4.78 is 19.7. The molecule has 5 nitrogen and oxygen atoms in total. The summed E-state index contributed by atoms with van der Waals surface area (Å²) in [4.78, 5) is 22.1. The first kappa shape index (κ1) is 25.0. The van der Waals surface area contributed by atoms with Crippen LogP contribution in [0, 0.1) is 12.7 Å². The van der Waals surface area contributed by atoms with Crippen molar-refractivity contribution in [1.82, 2.24) is 9.88 Å². The molecule has 0 spiro atoms. The molecule has 0 fully saturated rings. The van der Waals surface area contributed by atoms with Crippen molar-refractivity contribution >= 4 is 45.0 Å². The second-order valence-corrected chi connectivity index (χ2v) is 8.11. The van der Waals surface area contributed by atoms with Crippen LogP contribution in [0.3, 0.4) is 0 Å². The van der Waals surface area contributed by atoms with Crippen molar-refractivity contribution in [3.05, 3.63) is 53.3 Å².